The van der Waals surface area contributed by atoms with Crippen molar-refractivity contribution in [2.45, 2.75) is 53.4 Å². The summed E-state index contributed by atoms with van der Waals surface area (Å²) < 4.78 is 1.20. The van der Waals surface area contributed by atoms with Gasteiger partial charge in [-0.3, -0.25) is 9.59 Å². The largest absolute Gasteiger partial charge is 0.399 e. The number of piperidine rings is 2. The number of anilines is 1. The molecule has 5 rings (SSSR count). The van der Waals surface area contributed by atoms with Gasteiger partial charge in [0.25, 0.3) is 11.8 Å². The molecule has 2 fully saturated rings. The lowest BCUT2D eigenvalue weighted by Crippen LogP contribution is -2.30. The Morgan fingerprint density at radius 3 is 1.42 bits per heavy atom. The van der Waals surface area contributed by atoms with Crippen molar-refractivity contribution < 1.29 is 9.59 Å². The molecule has 3 aromatic rings. The predicted molar refractivity (Wildman–Crippen MR) is 214 cm³/mol. The fourth-order valence-electron chi connectivity index (χ4n) is 6.64. The van der Waals surface area contributed by atoms with Crippen LogP contribution < -0.4 is 5.73 Å². The summed E-state index contributed by atoms with van der Waals surface area (Å²) in [6, 6.07) is 24.2. The molecule has 8 heteroatoms. The van der Waals surface area contributed by atoms with Crippen LogP contribution in [-0.4, -0.2) is 97.9 Å². The second kappa shape index (κ2) is 19.0. The molecule has 0 aliphatic carbocycles. The summed E-state index contributed by atoms with van der Waals surface area (Å²) in [5.74, 6) is 0.202. The minimum absolute atomic E-state index is 0.0917. The summed E-state index contributed by atoms with van der Waals surface area (Å²) >= 11 is 3.75. The summed E-state index contributed by atoms with van der Waals surface area (Å²) in [5.41, 5.74) is 16.0. The van der Waals surface area contributed by atoms with Crippen molar-refractivity contribution >= 4 is 43.5 Å². The van der Waals surface area contributed by atoms with Crippen LogP contribution in [0.4, 0.5) is 5.69 Å². The number of likely N-dealkylation sites (tertiary alicyclic amines) is 2. The molecule has 0 unspecified atom stereocenters. The molecule has 2 heterocycles. The first-order chi connectivity index (χ1) is 24.1. The lowest BCUT2D eigenvalue weighted by atomic mass is 9.88. The number of nitrogens with zero attached hydrogens (tertiary/aromatic N) is 4. The van der Waals surface area contributed by atoms with E-state index in [-0.39, 0.29) is 11.8 Å². The molecule has 0 aromatic heterocycles. The first-order valence-corrected chi connectivity index (χ1v) is 19.0. The van der Waals surface area contributed by atoms with E-state index in [1.807, 2.05) is 86.0 Å². The van der Waals surface area contributed by atoms with Gasteiger partial charge in [-0.25, -0.2) is 0 Å². The molecule has 2 saturated heterocycles. The van der Waals surface area contributed by atoms with E-state index >= 15 is 0 Å². The average molecular weight is 743 g/mol. The number of amides is 2. The van der Waals surface area contributed by atoms with Crippen molar-refractivity contribution in [2.24, 2.45) is 0 Å². The van der Waals surface area contributed by atoms with E-state index in [0.29, 0.717) is 0 Å². The maximum atomic E-state index is 12.6. The van der Waals surface area contributed by atoms with Crippen LogP contribution in [0.3, 0.4) is 0 Å². The summed E-state index contributed by atoms with van der Waals surface area (Å²) in [6.45, 7) is 15.4. The van der Waals surface area contributed by atoms with E-state index in [9.17, 15) is 9.59 Å². The number of hydrogen-bond acceptors (Lipinski definition) is 5. The molecule has 0 saturated carbocycles. The summed E-state index contributed by atoms with van der Waals surface area (Å²) in [5, 5.41) is 0. The molecule has 268 valence electrons. The van der Waals surface area contributed by atoms with Crippen LogP contribution in [0.15, 0.2) is 83.9 Å². The van der Waals surface area contributed by atoms with Crippen molar-refractivity contribution in [2.75, 3.05) is 72.2 Å². The summed E-state index contributed by atoms with van der Waals surface area (Å²) in [4.78, 5) is 33.4. The van der Waals surface area contributed by atoms with Crippen LogP contribution in [0.25, 0.3) is 10.1 Å². The van der Waals surface area contributed by atoms with E-state index in [2.05, 4.69) is 64.1 Å². The first-order valence-electron chi connectivity index (χ1n) is 18.2. The quantitative estimate of drug-likeness (QED) is 0.224. The van der Waals surface area contributed by atoms with Crippen LogP contribution in [0.1, 0.15) is 90.8 Å². The lowest BCUT2D eigenvalue weighted by molar-refractivity contribution is 0.0765. The summed E-state index contributed by atoms with van der Waals surface area (Å²) in [6.07, 6.45) is 4.33. The van der Waals surface area contributed by atoms with E-state index in [0.717, 1.165) is 112 Å². The SMILES string of the molecule is CCN(CC)C(=O)c1ccc(C(=C2CCN(C)CC2)c2cccc(N)c2)cc1.CCN(CC)C(=O)c1ccc(C(Br)=C2CCN(C)CC2)cc1. The minimum Gasteiger partial charge on any atom is -0.399 e. The third kappa shape index (κ3) is 10.2. The Morgan fingerprint density at radius 2 is 1.00 bits per heavy atom. The molecule has 2 amide bonds. The van der Waals surface area contributed by atoms with E-state index in [1.54, 1.807) is 0 Å². The average Bonchev–Trinajstić information content (AvgIpc) is 3.14. The highest BCUT2D eigenvalue weighted by molar-refractivity contribution is 9.15. The van der Waals surface area contributed by atoms with Gasteiger partial charge in [-0.2, -0.15) is 0 Å². The molecule has 3 aromatic carbocycles. The number of carbonyl (C=O) groups is 2. The predicted octanol–water partition coefficient (Wildman–Crippen LogP) is 8.28. The van der Waals surface area contributed by atoms with E-state index in [1.165, 1.54) is 21.2 Å². The van der Waals surface area contributed by atoms with Crippen LogP contribution in [0.2, 0.25) is 0 Å². The Morgan fingerprint density at radius 1 is 0.600 bits per heavy atom. The van der Waals surface area contributed by atoms with Gasteiger partial charge in [0.15, 0.2) is 0 Å². The maximum absolute atomic E-state index is 12.6. The minimum atomic E-state index is 0.0917. The zero-order valence-corrected chi connectivity index (χ0v) is 32.6. The van der Waals surface area contributed by atoms with E-state index < -0.39 is 0 Å². The second-order valence-corrected chi connectivity index (χ2v) is 14.0. The standard InChI is InChI=1S/C24H31N3O.C18H25BrN2O/c1-4-27(5-2)24(28)20-11-9-18(10-12-20)23(19-13-15-26(3)16-14-19)21-7-6-8-22(25)17-21;1-4-21(5-2)18(22)16-8-6-14(7-9-16)17(19)15-10-12-20(3)13-11-15/h6-12,17H,4-5,13-16,25H2,1-3H3;6-9H,4-5,10-13H2,1-3H3. The second-order valence-electron chi connectivity index (χ2n) is 13.2. The normalized spacial score (nSPS) is 15.2. The van der Waals surface area contributed by atoms with E-state index in [4.69, 9.17) is 5.73 Å². The highest BCUT2D eigenvalue weighted by Gasteiger charge is 2.19. The molecule has 0 atom stereocenters. The zero-order valence-electron chi connectivity index (χ0n) is 31.0. The Bertz CT molecular complexity index is 1620. The molecule has 0 spiro atoms. The van der Waals surface area contributed by atoms with Gasteiger partial charge in [-0.15, -0.1) is 0 Å². The fraction of sp³-hybridized carbons (Fsp3) is 0.429. The molecule has 0 bridgehead atoms. The number of benzene rings is 3. The Balaban J connectivity index is 0.000000232. The third-order valence-electron chi connectivity index (χ3n) is 9.93. The number of nitrogens with two attached hydrogens (primary N) is 1. The van der Waals surface area contributed by atoms with Gasteiger partial charge in [-0.05, 0) is 126 Å². The highest BCUT2D eigenvalue weighted by Crippen LogP contribution is 2.34. The number of halogens is 1. The van der Waals surface area contributed by atoms with Gasteiger partial charge in [0.05, 0.1) is 0 Å². The molecular formula is C42H56BrN5O2. The van der Waals surface area contributed by atoms with Crippen molar-refractivity contribution in [1.29, 1.82) is 0 Å². The van der Waals surface area contributed by atoms with Crippen LogP contribution in [0, 0.1) is 0 Å². The third-order valence-corrected chi connectivity index (χ3v) is 10.9. The maximum Gasteiger partial charge on any atom is 0.253 e. The Labute approximate surface area is 308 Å². The Hall–Kier alpha value is -3.72. The van der Waals surface area contributed by atoms with Crippen molar-refractivity contribution in [1.82, 2.24) is 19.6 Å². The van der Waals surface area contributed by atoms with Gasteiger partial charge in [-0.1, -0.05) is 63.5 Å². The molecule has 2 aliphatic heterocycles. The van der Waals surface area contributed by atoms with Gasteiger partial charge in [0.1, 0.15) is 0 Å². The molecule has 2 N–H and O–H groups in total. The topological polar surface area (TPSA) is 73.1 Å². The van der Waals surface area contributed by atoms with Crippen molar-refractivity contribution in [3.8, 4) is 0 Å². The Kier molecular flexibility index (Phi) is 14.9. The van der Waals surface area contributed by atoms with Gasteiger partial charge in [0, 0.05) is 73.7 Å². The molecular weight excluding hydrogens is 686 g/mol. The number of carbonyl (C=O) groups excluding carboxylic acids is 2. The highest BCUT2D eigenvalue weighted by atomic mass is 79.9. The van der Waals surface area contributed by atoms with Crippen LogP contribution >= 0.6 is 15.9 Å². The van der Waals surface area contributed by atoms with Crippen LogP contribution in [0.5, 0.6) is 0 Å². The number of rotatable bonds is 9. The summed E-state index contributed by atoms with van der Waals surface area (Å²) in [7, 11) is 4.34. The van der Waals surface area contributed by atoms with Crippen molar-refractivity contribution in [3.63, 3.8) is 0 Å². The van der Waals surface area contributed by atoms with Gasteiger partial charge in [0.2, 0.25) is 0 Å². The smallest absolute Gasteiger partial charge is 0.253 e. The number of nitrogen functional groups attached to an aromatic ring is 1. The van der Waals surface area contributed by atoms with Crippen molar-refractivity contribution in [3.05, 3.63) is 112 Å². The first kappa shape index (κ1) is 39.1. The monoisotopic (exact) mass is 741 g/mol. The lowest BCUT2D eigenvalue weighted by Gasteiger charge is -2.27. The molecule has 0 radical (unpaired) electrons. The molecule has 7 nitrogen and oxygen atoms in total. The van der Waals surface area contributed by atoms with Crippen LogP contribution in [-0.2, 0) is 0 Å². The molecule has 50 heavy (non-hydrogen) atoms. The molecule has 2 aliphatic rings. The fourth-order valence-corrected chi connectivity index (χ4v) is 7.31. The van der Waals surface area contributed by atoms with Gasteiger partial charge >= 0.3 is 0 Å². The zero-order chi connectivity index (χ0) is 36.2. The van der Waals surface area contributed by atoms with Gasteiger partial charge < -0.3 is 25.3 Å². The number of hydrogen-bond donors (Lipinski definition) is 1.